The van der Waals surface area contributed by atoms with Crippen molar-refractivity contribution in [3.05, 3.63) is 29.8 Å². The molecule has 2 unspecified atom stereocenters. The quantitative estimate of drug-likeness (QED) is 0.816. The van der Waals surface area contributed by atoms with E-state index in [-0.39, 0.29) is 11.2 Å². The lowest BCUT2D eigenvalue weighted by atomic mass is 9.95. The summed E-state index contributed by atoms with van der Waals surface area (Å²) in [5.41, 5.74) is 0.889. The van der Waals surface area contributed by atoms with Gasteiger partial charge in [-0.15, -0.1) is 11.8 Å². The van der Waals surface area contributed by atoms with E-state index in [4.69, 9.17) is 0 Å². The second-order valence-corrected chi connectivity index (χ2v) is 7.27. The maximum atomic E-state index is 12.3. The highest BCUT2D eigenvalue weighted by molar-refractivity contribution is 8.00. The van der Waals surface area contributed by atoms with Gasteiger partial charge in [0, 0.05) is 10.9 Å². The van der Waals surface area contributed by atoms with Gasteiger partial charge in [-0.05, 0) is 44.4 Å². The van der Waals surface area contributed by atoms with Gasteiger partial charge in [0.1, 0.15) is 0 Å². The summed E-state index contributed by atoms with van der Waals surface area (Å²) in [6, 6.07) is 8.14. The van der Waals surface area contributed by atoms with Crippen LogP contribution in [0, 0.1) is 0 Å². The fourth-order valence-electron chi connectivity index (χ4n) is 2.67. The maximum Gasteiger partial charge on any atom is 0.233 e. The van der Waals surface area contributed by atoms with Gasteiger partial charge in [-0.2, -0.15) is 0 Å². The van der Waals surface area contributed by atoms with Crippen molar-refractivity contribution in [1.29, 1.82) is 0 Å². The van der Waals surface area contributed by atoms with E-state index in [9.17, 15) is 9.90 Å². The molecule has 2 atom stereocenters. The normalized spacial score (nSPS) is 19.0. The van der Waals surface area contributed by atoms with Gasteiger partial charge >= 0.3 is 0 Å². The number of aliphatic hydroxyl groups excluding tert-OH is 1. The van der Waals surface area contributed by atoms with Crippen LogP contribution in [-0.4, -0.2) is 22.3 Å². The summed E-state index contributed by atoms with van der Waals surface area (Å²) in [7, 11) is 0. The molecule has 0 saturated heterocycles. The SMILES string of the molecule is CC(Sc1cccc(C(C)O)c1)C(=O)NC1CCCCC1. The number of hydrogen-bond acceptors (Lipinski definition) is 3. The number of benzene rings is 1. The Morgan fingerprint density at radius 1 is 1.29 bits per heavy atom. The highest BCUT2D eigenvalue weighted by Gasteiger charge is 2.20. The summed E-state index contributed by atoms with van der Waals surface area (Å²) < 4.78 is 0. The van der Waals surface area contributed by atoms with E-state index < -0.39 is 6.10 Å². The van der Waals surface area contributed by atoms with Crippen molar-refractivity contribution in [2.24, 2.45) is 0 Å². The van der Waals surface area contributed by atoms with Crippen LogP contribution >= 0.6 is 11.8 Å². The molecule has 0 heterocycles. The monoisotopic (exact) mass is 307 g/mol. The molecule has 2 N–H and O–H groups in total. The molecule has 1 aromatic carbocycles. The maximum absolute atomic E-state index is 12.3. The van der Waals surface area contributed by atoms with E-state index in [0.29, 0.717) is 6.04 Å². The third-order valence-corrected chi connectivity index (χ3v) is 5.07. The van der Waals surface area contributed by atoms with Crippen molar-refractivity contribution in [2.75, 3.05) is 0 Å². The third kappa shape index (κ3) is 5.04. The van der Waals surface area contributed by atoms with E-state index in [0.717, 1.165) is 23.3 Å². The number of thioether (sulfide) groups is 1. The van der Waals surface area contributed by atoms with Gasteiger partial charge in [0.05, 0.1) is 11.4 Å². The standard InChI is InChI=1S/C17H25NO2S/c1-12(19)14-7-6-10-16(11-14)21-13(2)17(20)18-15-8-4-3-5-9-15/h6-7,10-13,15,19H,3-5,8-9H2,1-2H3,(H,18,20). The topological polar surface area (TPSA) is 49.3 Å². The molecule has 0 bridgehead atoms. The molecular weight excluding hydrogens is 282 g/mol. The lowest BCUT2D eigenvalue weighted by Crippen LogP contribution is -2.40. The van der Waals surface area contributed by atoms with Gasteiger partial charge in [0.2, 0.25) is 5.91 Å². The van der Waals surface area contributed by atoms with Gasteiger partial charge in [0.15, 0.2) is 0 Å². The minimum absolute atomic E-state index is 0.115. The Morgan fingerprint density at radius 2 is 2.00 bits per heavy atom. The highest BCUT2D eigenvalue weighted by atomic mass is 32.2. The first kappa shape index (κ1) is 16.4. The zero-order valence-corrected chi connectivity index (χ0v) is 13.7. The summed E-state index contributed by atoms with van der Waals surface area (Å²) in [5, 5.41) is 12.7. The Kier molecular flexibility index (Phi) is 6.12. The van der Waals surface area contributed by atoms with E-state index in [1.165, 1.54) is 19.3 Å². The fourth-order valence-corrected chi connectivity index (χ4v) is 3.62. The molecule has 1 saturated carbocycles. The molecule has 0 spiro atoms. The van der Waals surface area contributed by atoms with Gasteiger partial charge in [-0.1, -0.05) is 31.4 Å². The predicted molar refractivity (Wildman–Crippen MR) is 87.4 cm³/mol. The summed E-state index contributed by atoms with van der Waals surface area (Å²) in [6.45, 7) is 3.70. The Morgan fingerprint density at radius 3 is 2.67 bits per heavy atom. The van der Waals surface area contributed by atoms with Crippen LogP contribution in [-0.2, 0) is 4.79 Å². The molecule has 3 nitrogen and oxygen atoms in total. The van der Waals surface area contributed by atoms with Crippen molar-refractivity contribution < 1.29 is 9.90 Å². The summed E-state index contributed by atoms with van der Waals surface area (Å²) >= 11 is 1.55. The number of carbonyl (C=O) groups is 1. The van der Waals surface area contributed by atoms with Crippen LogP contribution in [0.5, 0.6) is 0 Å². The van der Waals surface area contributed by atoms with Gasteiger partial charge in [0.25, 0.3) is 0 Å². The van der Waals surface area contributed by atoms with Crippen LogP contribution < -0.4 is 5.32 Å². The van der Waals surface area contributed by atoms with Crippen molar-refractivity contribution >= 4 is 17.7 Å². The summed E-state index contributed by atoms with van der Waals surface area (Å²) in [5.74, 6) is 0.120. The van der Waals surface area contributed by atoms with E-state index >= 15 is 0 Å². The van der Waals surface area contributed by atoms with Crippen LogP contribution in [0.3, 0.4) is 0 Å². The predicted octanol–water partition coefficient (Wildman–Crippen LogP) is 3.67. The summed E-state index contributed by atoms with van der Waals surface area (Å²) in [4.78, 5) is 13.3. The number of nitrogens with one attached hydrogen (secondary N) is 1. The Labute approximate surface area is 131 Å². The Hall–Kier alpha value is -1.00. The van der Waals surface area contributed by atoms with Crippen molar-refractivity contribution in [2.45, 2.75) is 68.2 Å². The van der Waals surface area contributed by atoms with Gasteiger partial charge in [-0.3, -0.25) is 4.79 Å². The largest absolute Gasteiger partial charge is 0.389 e. The average Bonchev–Trinajstić information content (AvgIpc) is 2.48. The van der Waals surface area contributed by atoms with Gasteiger partial charge in [-0.25, -0.2) is 0 Å². The third-order valence-electron chi connectivity index (χ3n) is 3.97. The molecule has 0 aliphatic heterocycles. The van der Waals surface area contributed by atoms with Crippen LogP contribution in [0.2, 0.25) is 0 Å². The molecule has 1 aliphatic rings. The summed E-state index contributed by atoms with van der Waals surface area (Å²) in [6.07, 6.45) is 5.49. The second kappa shape index (κ2) is 7.85. The number of carbonyl (C=O) groups excluding carboxylic acids is 1. The number of aliphatic hydroxyl groups is 1. The lowest BCUT2D eigenvalue weighted by molar-refractivity contribution is -0.121. The Balaban J connectivity index is 1.89. The molecule has 0 aromatic heterocycles. The first-order chi connectivity index (χ1) is 10.1. The molecule has 1 aliphatic carbocycles. The minimum atomic E-state index is -0.475. The minimum Gasteiger partial charge on any atom is -0.389 e. The lowest BCUT2D eigenvalue weighted by Gasteiger charge is -2.24. The van der Waals surface area contributed by atoms with Crippen molar-refractivity contribution in [1.82, 2.24) is 5.32 Å². The molecule has 4 heteroatoms. The molecule has 1 amide bonds. The average molecular weight is 307 g/mol. The van der Waals surface area contributed by atoms with E-state index in [2.05, 4.69) is 5.32 Å². The number of hydrogen-bond donors (Lipinski definition) is 2. The first-order valence-electron chi connectivity index (χ1n) is 7.81. The zero-order valence-electron chi connectivity index (χ0n) is 12.8. The van der Waals surface area contributed by atoms with Crippen LogP contribution in [0.25, 0.3) is 0 Å². The first-order valence-corrected chi connectivity index (χ1v) is 8.69. The number of rotatable bonds is 5. The van der Waals surface area contributed by atoms with E-state index in [1.807, 2.05) is 31.2 Å². The molecule has 116 valence electrons. The molecular formula is C17H25NO2S. The molecule has 2 rings (SSSR count). The van der Waals surface area contributed by atoms with Crippen LogP contribution in [0.4, 0.5) is 0 Å². The van der Waals surface area contributed by atoms with Crippen molar-refractivity contribution in [3.8, 4) is 0 Å². The molecule has 0 radical (unpaired) electrons. The number of amides is 1. The second-order valence-electron chi connectivity index (χ2n) is 5.85. The smallest absolute Gasteiger partial charge is 0.233 e. The molecule has 1 fully saturated rings. The highest BCUT2D eigenvalue weighted by Crippen LogP contribution is 2.26. The van der Waals surface area contributed by atoms with Crippen molar-refractivity contribution in [3.63, 3.8) is 0 Å². The molecule has 1 aromatic rings. The zero-order chi connectivity index (χ0) is 15.2. The van der Waals surface area contributed by atoms with E-state index in [1.54, 1.807) is 18.7 Å². The van der Waals surface area contributed by atoms with Crippen LogP contribution in [0.15, 0.2) is 29.2 Å². The Bertz CT molecular complexity index is 470. The molecule has 21 heavy (non-hydrogen) atoms. The fraction of sp³-hybridized carbons (Fsp3) is 0.588. The van der Waals surface area contributed by atoms with Gasteiger partial charge < -0.3 is 10.4 Å². The van der Waals surface area contributed by atoms with Crippen LogP contribution in [0.1, 0.15) is 57.6 Å².